The van der Waals surface area contributed by atoms with Gasteiger partial charge >= 0.3 is 0 Å². The molecule has 0 aromatic heterocycles. The van der Waals surface area contributed by atoms with Crippen molar-refractivity contribution in [3.63, 3.8) is 0 Å². The number of para-hydroxylation sites is 1. The lowest BCUT2D eigenvalue weighted by molar-refractivity contribution is -0.137. The summed E-state index contributed by atoms with van der Waals surface area (Å²) in [4.78, 5) is 28.5. The minimum Gasteiger partial charge on any atom is -0.497 e. The Morgan fingerprint density at radius 2 is 1.50 bits per heavy atom. The number of carbonyl (C=O) groups is 2. The van der Waals surface area contributed by atoms with Crippen LogP contribution in [0.25, 0.3) is 5.57 Å². The highest BCUT2D eigenvalue weighted by Crippen LogP contribution is 2.38. The molecular weight excluding hydrogens is 432 g/mol. The Hall–Kier alpha value is -4.26. The first kappa shape index (κ1) is 22.9. The molecule has 1 N–H and O–H groups in total. The number of hydrogen-bond acceptors (Lipinski definition) is 6. The number of nitrogens with zero attached hydrogens (tertiary/aromatic N) is 1. The Morgan fingerprint density at radius 1 is 0.794 bits per heavy atom. The summed E-state index contributed by atoms with van der Waals surface area (Å²) >= 11 is 0. The fourth-order valence-corrected chi connectivity index (χ4v) is 3.86. The number of nitrogens with one attached hydrogen (secondary N) is 1. The Labute approximate surface area is 198 Å². The number of aryl methyl sites for hydroxylation is 1. The summed E-state index contributed by atoms with van der Waals surface area (Å²) in [5, 5.41) is 3.15. The van der Waals surface area contributed by atoms with Crippen molar-refractivity contribution in [2.75, 3.05) is 26.6 Å². The molecule has 0 fully saturated rings. The number of benzene rings is 3. The number of rotatable bonds is 8. The van der Waals surface area contributed by atoms with Gasteiger partial charge in [0.05, 0.1) is 39.1 Å². The van der Waals surface area contributed by atoms with Gasteiger partial charge < -0.3 is 19.5 Å². The summed E-state index contributed by atoms with van der Waals surface area (Å²) in [6, 6.07) is 20.1. The summed E-state index contributed by atoms with van der Waals surface area (Å²) in [5.74, 6) is 0.740. The van der Waals surface area contributed by atoms with Gasteiger partial charge in [0.15, 0.2) is 0 Å². The van der Waals surface area contributed by atoms with Gasteiger partial charge in [-0.1, -0.05) is 48.0 Å². The van der Waals surface area contributed by atoms with E-state index in [1.54, 1.807) is 43.5 Å². The van der Waals surface area contributed by atoms with E-state index in [0.29, 0.717) is 28.5 Å². The summed E-state index contributed by atoms with van der Waals surface area (Å²) in [6.45, 7) is 2.14. The van der Waals surface area contributed by atoms with Gasteiger partial charge in [-0.25, -0.2) is 0 Å². The summed E-state index contributed by atoms with van der Waals surface area (Å²) in [5.41, 5.74) is 3.37. The molecule has 0 radical (unpaired) electrons. The minimum atomic E-state index is -0.434. The fraction of sp³-hybridized carbons (Fsp3) is 0.185. The van der Waals surface area contributed by atoms with Crippen molar-refractivity contribution < 1.29 is 23.8 Å². The normalized spacial score (nSPS) is 13.4. The van der Waals surface area contributed by atoms with Gasteiger partial charge in [0.2, 0.25) is 0 Å². The SMILES string of the molecule is COc1ccc(OC)c(NC2=C(c3ccccc3OC)C(=O)N(Cc3ccc(C)cc3)C2=O)c1. The molecule has 7 heteroatoms. The van der Waals surface area contributed by atoms with Crippen LogP contribution in [0.1, 0.15) is 16.7 Å². The first-order valence-corrected chi connectivity index (χ1v) is 10.7. The number of ether oxygens (including phenoxy) is 3. The molecule has 0 aliphatic carbocycles. The van der Waals surface area contributed by atoms with E-state index < -0.39 is 11.8 Å². The molecule has 1 heterocycles. The number of hydrogen-bond donors (Lipinski definition) is 1. The maximum absolute atomic E-state index is 13.6. The lowest BCUT2D eigenvalue weighted by Gasteiger charge is -2.16. The summed E-state index contributed by atoms with van der Waals surface area (Å²) in [6.07, 6.45) is 0. The van der Waals surface area contributed by atoms with Crippen LogP contribution in [0, 0.1) is 6.92 Å². The highest BCUT2D eigenvalue weighted by molar-refractivity contribution is 6.37. The Bertz CT molecular complexity index is 1260. The zero-order valence-electron chi connectivity index (χ0n) is 19.5. The monoisotopic (exact) mass is 458 g/mol. The lowest BCUT2D eigenvalue weighted by atomic mass is 10.0. The van der Waals surface area contributed by atoms with Crippen LogP contribution in [-0.4, -0.2) is 38.0 Å². The zero-order chi connectivity index (χ0) is 24.2. The Balaban J connectivity index is 1.81. The number of imide groups is 1. The first-order valence-electron chi connectivity index (χ1n) is 10.7. The molecule has 1 aliphatic heterocycles. The van der Waals surface area contributed by atoms with Crippen LogP contribution in [0.2, 0.25) is 0 Å². The van der Waals surface area contributed by atoms with E-state index in [1.165, 1.54) is 19.1 Å². The summed E-state index contributed by atoms with van der Waals surface area (Å²) in [7, 11) is 4.62. The van der Waals surface area contributed by atoms with Crippen molar-refractivity contribution in [1.82, 2.24) is 4.90 Å². The standard InChI is InChI=1S/C27H26N2O5/c1-17-9-11-18(12-10-17)16-29-26(30)24(20-7-5-6-8-22(20)33-3)25(27(29)31)28-21-15-19(32-2)13-14-23(21)34-4/h5-15,28H,16H2,1-4H3. The molecule has 0 saturated carbocycles. The minimum absolute atomic E-state index is 0.146. The number of methoxy groups -OCH3 is 3. The molecule has 0 saturated heterocycles. The third kappa shape index (κ3) is 4.32. The number of amides is 2. The van der Waals surface area contributed by atoms with E-state index in [4.69, 9.17) is 14.2 Å². The van der Waals surface area contributed by atoms with Gasteiger partial charge in [0.1, 0.15) is 22.9 Å². The molecule has 7 nitrogen and oxygen atoms in total. The second-order valence-electron chi connectivity index (χ2n) is 7.82. The number of carbonyl (C=O) groups excluding carboxylic acids is 2. The van der Waals surface area contributed by atoms with E-state index >= 15 is 0 Å². The maximum atomic E-state index is 13.6. The molecule has 174 valence electrons. The van der Waals surface area contributed by atoms with E-state index in [0.717, 1.165) is 11.1 Å². The average Bonchev–Trinajstić information content (AvgIpc) is 3.09. The maximum Gasteiger partial charge on any atom is 0.278 e. The molecule has 34 heavy (non-hydrogen) atoms. The van der Waals surface area contributed by atoms with Crippen molar-refractivity contribution in [1.29, 1.82) is 0 Å². The molecule has 0 spiro atoms. The lowest BCUT2D eigenvalue weighted by Crippen LogP contribution is -2.32. The van der Waals surface area contributed by atoms with Gasteiger partial charge in [-0.15, -0.1) is 0 Å². The molecular formula is C27H26N2O5. The molecule has 1 aliphatic rings. The highest BCUT2D eigenvalue weighted by atomic mass is 16.5. The van der Waals surface area contributed by atoms with E-state index in [9.17, 15) is 9.59 Å². The molecule has 0 unspecified atom stereocenters. The van der Waals surface area contributed by atoms with Crippen molar-refractivity contribution in [3.8, 4) is 17.2 Å². The van der Waals surface area contributed by atoms with Crippen molar-refractivity contribution in [2.45, 2.75) is 13.5 Å². The van der Waals surface area contributed by atoms with Crippen LogP contribution >= 0.6 is 0 Å². The van der Waals surface area contributed by atoms with Crippen LogP contribution in [0.4, 0.5) is 5.69 Å². The first-order chi connectivity index (χ1) is 16.5. The Kier molecular flexibility index (Phi) is 6.54. The molecule has 3 aromatic carbocycles. The van der Waals surface area contributed by atoms with Crippen molar-refractivity contribution in [2.24, 2.45) is 0 Å². The van der Waals surface area contributed by atoms with Crippen LogP contribution in [0.15, 0.2) is 72.4 Å². The van der Waals surface area contributed by atoms with Crippen molar-refractivity contribution >= 4 is 23.1 Å². The molecule has 4 rings (SSSR count). The fourth-order valence-electron chi connectivity index (χ4n) is 3.86. The molecule has 3 aromatic rings. The van der Waals surface area contributed by atoms with Gasteiger partial charge in [-0.3, -0.25) is 14.5 Å². The smallest absolute Gasteiger partial charge is 0.278 e. The highest BCUT2D eigenvalue weighted by Gasteiger charge is 2.40. The summed E-state index contributed by atoms with van der Waals surface area (Å²) < 4.78 is 16.3. The van der Waals surface area contributed by atoms with E-state index in [2.05, 4.69) is 5.32 Å². The largest absolute Gasteiger partial charge is 0.497 e. The third-order valence-corrected chi connectivity index (χ3v) is 5.67. The molecule has 2 amide bonds. The Morgan fingerprint density at radius 3 is 2.18 bits per heavy atom. The second kappa shape index (κ2) is 9.70. The second-order valence-corrected chi connectivity index (χ2v) is 7.82. The van der Waals surface area contributed by atoms with Gasteiger partial charge in [0.25, 0.3) is 11.8 Å². The topological polar surface area (TPSA) is 77.1 Å². The van der Waals surface area contributed by atoms with E-state index in [-0.39, 0.29) is 17.8 Å². The van der Waals surface area contributed by atoms with Crippen LogP contribution < -0.4 is 19.5 Å². The van der Waals surface area contributed by atoms with Gasteiger partial charge in [0, 0.05) is 11.6 Å². The van der Waals surface area contributed by atoms with E-state index in [1.807, 2.05) is 37.3 Å². The van der Waals surface area contributed by atoms with Gasteiger partial charge in [-0.05, 0) is 30.7 Å². The molecule has 0 bridgehead atoms. The van der Waals surface area contributed by atoms with Crippen LogP contribution in [-0.2, 0) is 16.1 Å². The zero-order valence-corrected chi connectivity index (χ0v) is 19.5. The number of anilines is 1. The predicted molar refractivity (Wildman–Crippen MR) is 130 cm³/mol. The van der Waals surface area contributed by atoms with Crippen LogP contribution in [0.3, 0.4) is 0 Å². The molecule has 0 atom stereocenters. The third-order valence-electron chi connectivity index (χ3n) is 5.67. The quantitative estimate of drug-likeness (QED) is 0.504. The average molecular weight is 459 g/mol. The predicted octanol–water partition coefficient (Wildman–Crippen LogP) is 4.41. The van der Waals surface area contributed by atoms with Gasteiger partial charge in [-0.2, -0.15) is 0 Å². The van der Waals surface area contributed by atoms with Crippen LogP contribution in [0.5, 0.6) is 17.2 Å². The van der Waals surface area contributed by atoms with Crippen molar-refractivity contribution in [3.05, 3.63) is 89.1 Å².